The molecule has 9 heteroatoms. The van der Waals surface area contributed by atoms with Crippen LogP contribution in [0.25, 0.3) is 10.7 Å². The summed E-state index contributed by atoms with van der Waals surface area (Å²) in [6.45, 7) is 7.11. The van der Waals surface area contributed by atoms with E-state index in [4.69, 9.17) is 0 Å². The molecule has 1 saturated heterocycles. The van der Waals surface area contributed by atoms with Gasteiger partial charge in [-0.1, -0.05) is 17.7 Å². The molecule has 31 heavy (non-hydrogen) atoms. The average molecular weight is 459 g/mol. The fourth-order valence-corrected chi connectivity index (χ4v) is 6.18. The summed E-state index contributed by atoms with van der Waals surface area (Å²) in [6, 6.07) is 8.84. The fourth-order valence-electron chi connectivity index (χ4n) is 3.75. The lowest BCUT2D eigenvalue weighted by molar-refractivity contribution is 0.0796. The van der Waals surface area contributed by atoms with Crippen molar-refractivity contribution >= 4 is 33.0 Å². The van der Waals surface area contributed by atoms with Crippen LogP contribution in [0.4, 0.5) is 5.69 Å². The Balaban J connectivity index is 1.67. The molecule has 1 amide bonds. The van der Waals surface area contributed by atoms with Gasteiger partial charge in [0.2, 0.25) is 0 Å². The predicted molar refractivity (Wildman–Crippen MR) is 123 cm³/mol. The number of nitrogens with zero attached hydrogens (tertiary/aromatic N) is 3. The monoisotopic (exact) mass is 458 g/mol. The van der Waals surface area contributed by atoms with Gasteiger partial charge in [0.25, 0.3) is 15.9 Å². The Kier molecular flexibility index (Phi) is 5.65. The van der Waals surface area contributed by atoms with Crippen LogP contribution in [0.1, 0.15) is 39.5 Å². The zero-order valence-corrected chi connectivity index (χ0v) is 19.7. The van der Waals surface area contributed by atoms with Crippen LogP contribution < -0.4 is 4.72 Å². The quantitative estimate of drug-likeness (QED) is 0.624. The number of amides is 1. The Morgan fingerprint density at radius 2 is 1.74 bits per heavy atom. The maximum atomic E-state index is 13.1. The molecule has 1 N–H and O–H groups in total. The van der Waals surface area contributed by atoms with E-state index in [0.717, 1.165) is 31.5 Å². The molecule has 0 radical (unpaired) electrons. The number of hydrogen-bond acceptors (Lipinski definition) is 5. The number of aromatic nitrogens is 2. The van der Waals surface area contributed by atoms with Gasteiger partial charge in [-0.05, 0) is 51.8 Å². The summed E-state index contributed by atoms with van der Waals surface area (Å²) < 4.78 is 30.6. The molecule has 164 valence electrons. The first-order valence-corrected chi connectivity index (χ1v) is 12.5. The van der Waals surface area contributed by atoms with Crippen LogP contribution in [-0.2, 0) is 17.1 Å². The first-order valence-electron chi connectivity index (χ1n) is 10.2. The molecule has 0 atom stereocenters. The van der Waals surface area contributed by atoms with Crippen LogP contribution in [0.5, 0.6) is 0 Å². The molecule has 0 unspecified atom stereocenters. The molecule has 3 heterocycles. The molecule has 0 aliphatic carbocycles. The Labute approximate surface area is 186 Å². The molecule has 7 nitrogen and oxygen atoms in total. The van der Waals surface area contributed by atoms with E-state index in [2.05, 4.69) is 9.71 Å². The highest BCUT2D eigenvalue weighted by Gasteiger charge is 2.27. The smallest absolute Gasteiger partial charge is 0.265 e. The van der Waals surface area contributed by atoms with E-state index in [1.54, 1.807) is 25.1 Å². The lowest BCUT2D eigenvalue weighted by Crippen LogP contribution is -2.27. The Hall–Kier alpha value is -2.65. The van der Waals surface area contributed by atoms with Crippen molar-refractivity contribution in [3.05, 3.63) is 52.2 Å². The average Bonchev–Trinajstić information content (AvgIpc) is 3.44. The molecular weight excluding hydrogens is 432 g/mol. The van der Waals surface area contributed by atoms with Crippen molar-refractivity contribution in [1.29, 1.82) is 0 Å². The van der Waals surface area contributed by atoms with Gasteiger partial charge >= 0.3 is 0 Å². The highest BCUT2D eigenvalue weighted by Crippen LogP contribution is 2.33. The highest BCUT2D eigenvalue weighted by molar-refractivity contribution is 7.92. The van der Waals surface area contributed by atoms with Gasteiger partial charge in [0.05, 0.1) is 11.4 Å². The Morgan fingerprint density at radius 3 is 2.39 bits per heavy atom. The van der Waals surface area contributed by atoms with Gasteiger partial charge < -0.3 is 9.47 Å². The van der Waals surface area contributed by atoms with Crippen LogP contribution in [0.2, 0.25) is 0 Å². The SMILES string of the molecule is Cc1ccc(NS(=O)(=O)c2cc(-c3nc(C)c(C(=O)N4CCCC4)s3)n(C)c2C)cc1. The molecule has 4 rings (SSSR count). The number of rotatable bonds is 5. The van der Waals surface area contributed by atoms with Crippen molar-refractivity contribution in [2.75, 3.05) is 17.8 Å². The predicted octanol–water partition coefficient (Wildman–Crippen LogP) is 4.11. The number of aryl methyl sites for hydroxylation is 2. The number of hydrogen-bond donors (Lipinski definition) is 1. The first-order chi connectivity index (χ1) is 14.7. The van der Waals surface area contributed by atoms with Crippen molar-refractivity contribution < 1.29 is 13.2 Å². The number of anilines is 1. The van der Waals surface area contributed by atoms with E-state index in [0.29, 0.717) is 32.7 Å². The summed E-state index contributed by atoms with van der Waals surface area (Å²) >= 11 is 1.32. The van der Waals surface area contributed by atoms with E-state index in [-0.39, 0.29) is 10.8 Å². The molecule has 0 saturated carbocycles. The van der Waals surface area contributed by atoms with Gasteiger partial charge in [-0.25, -0.2) is 13.4 Å². The van der Waals surface area contributed by atoms with Gasteiger partial charge in [-0.3, -0.25) is 9.52 Å². The van der Waals surface area contributed by atoms with Gasteiger partial charge in [0.15, 0.2) is 0 Å². The van der Waals surface area contributed by atoms with Gasteiger partial charge in [0, 0.05) is 31.5 Å². The van der Waals surface area contributed by atoms with Gasteiger partial charge in [-0.15, -0.1) is 11.3 Å². The third-order valence-corrected chi connectivity index (χ3v) is 8.35. The lowest BCUT2D eigenvalue weighted by Gasteiger charge is -2.13. The zero-order valence-electron chi connectivity index (χ0n) is 18.1. The molecule has 3 aromatic rings. The van der Waals surface area contributed by atoms with Gasteiger partial charge in [-0.2, -0.15) is 0 Å². The van der Waals surface area contributed by atoms with E-state index >= 15 is 0 Å². The van der Waals surface area contributed by atoms with Crippen molar-refractivity contribution in [2.45, 2.75) is 38.5 Å². The number of sulfonamides is 1. The second-order valence-corrected chi connectivity index (χ2v) is 10.6. The molecule has 2 aromatic heterocycles. The number of carbonyl (C=O) groups is 1. The van der Waals surface area contributed by atoms with Crippen LogP contribution in [0, 0.1) is 20.8 Å². The number of nitrogens with one attached hydrogen (secondary N) is 1. The minimum atomic E-state index is -3.77. The van der Waals surface area contributed by atoms with Crippen molar-refractivity contribution in [2.24, 2.45) is 7.05 Å². The van der Waals surface area contributed by atoms with Crippen LogP contribution >= 0.6 is 11.3 Å². The lowest BCUT2D eigenvalue weighted by atomic mass is 10.2. The number of benzene rings is 1. The number of likely N-dealkylation sites (tertiary alicyclic amines) is 1. The summed E-state index contributed by atoms with van der Waals surface area (Å²) in [5.74, 6) is 0.0126. The molecule has 1 aliphatic heterocycles. The van der Waals surface area contributed by atoms with E-state index in [9.17, 15) is 13.2 Å². The molecule has 1 aliphatic rings. The zero-order chi connectivity index (χ0) is 22.3. The highest BCUT2D eigenvalue weighted by atomic mass is 32.2. The minimum absolute atomic E-state index is 0.0126. The van der Waals surface area contributed by atoms with Crippen molar-refractivity contribution in [3.8, 4) is 10.7 Å². The Morgan fingerprint density at radius 1 is 1.10 bits per heavy atom. The molecule has 0 bridgehead atoms. The first kappa shape index (κ1) is 21.6. The van der Waals surface area contributed by atoms with Gasteiger partial charge in [0.1, 0.15) is 14.8 Å². The second-order valence-electron chi connectivity index (χ2n) is 7.94. The van der Waals surface area contributed by atoms with E-state index < -0.39 is 10.0 Å². The summed E-state index contributed by atoms with van der Waals surface area (Å²) in [7, 11) is -1.95. The summed E-state index contributed by atoms with van der Waals surface area (Å²) in [5.41, 5.74) is 3.53. The number of carbonyl (C=O) groups excluding carboxylic acids is 1. The topological polar surface area (TPSA) is 84.3 Å². The fraction of sp³-hybridized carbons (Fsp3) is 0.364. The maximum Gasteiger partial charge on any atom is 0.265 e. The summed E-state index contributed by atoms with van der Waals surface area (Å²) in [6.07, 6.45) is 2.06. The van der Waals surface area contributed by atoms with Crippen LogP contribution in [-0.4, -0.2) is 41.9 Å². The largest absolute Gasteiger partial charge is 0.345 e. The summed E-state index contributed by atoms with van der Waals surface area (Å²) in [4.78, 5) is 20.1. The van der Waals surface area contributed by atoms with Crippen LogP contribution in [0.15, 0.2) is 35.2 Å². The van der Waals surface area contributed by atoms with E-state index in [1.807, 2.05) is 42.5 Å². The molecule has 1 fully saturated rings. The summed E-state index contributed by atoms with van der Waals surface area (Å²) in [5, 5.41) is 0.641. The minimum Gasteiger partial charge on any atom is -0.345 e. The standard InChI is InChI=1S/C22H26N4O3S2/c1-14-7-9-17(10-8-14)24-31(28,29)19-13-18(25(4)16(19)3)21-23-15(2)20(30-21)22(27)26-11-5-6-12-26/h7-10,13,24H,5-6,11-12H2,1-4H3. The third kappa shape index (κ3) is 4.12. The normalized spacial score (nSPS) is 14.3. The van der Waals surface area contributed by atoms with Crippen molar-refractivity contribution in [1.82, 2.24) is 14.5 Å². The maximum absolute atomic E-state index is 13.1. The molecule has 0 spiro atoms. The number of thiazole rings is 1. The van der Waals surface area contributed by atoms with E-state index in [1.165, 1.54) is 11.3 Å². The second kappa shape index (κ2) is 8.12. The van der Waals surface area contributed by atoms with Crippen LogP contribution in [0.3, 0.4) is 0 Å². The third-order valence-electron chi connectivity index (χ3n) is 5.69. The Bertz CT molecular complexity index is 1230. The molecular formula is C22H26N4O3S2. The van der Waals surface area contributed by atoms with Crippen molar-refractivity contribution in [3.63, 3.8) is 0 Å². The molecule has 1 aromatic carbocycles.